The Balaban J connectivity index is 2.05. The van der Waals surface area contributed by atoms with Crippen molar-refractivity contribution in [2.45, 2.75) is 32.6 Å². The number of anilines is 1. The number of hydrogen-bond acceptors (Lipinski definition) is 3. The van der Waals surface area contributed by atoms with Gasteiger partial charge in [-0.3, -0.25) is 9.59 Å². The molecule has 1 aliphatic carbocycles. The lowest BCUT2D eigenvalue weighted by molar-refractivity contribution is -0.141. The number of nitrogens with one attached hydrogen (secondary N) is 1. The van der Waals surface area contributed by atoms with E-state index in [0.717, 1.165) is 12.8 Å². The number of carbonyl (C=O) groups excluding carboxylic acids is 2. The first-order valence-electron chi connectivity index (χ1n) is 7.60. The molecule has 5 heteroatoms. The van der Waals surface area contributed by atoms with Gasteiger partial charge in [-0.2, -0.15) is 5.26 Å². The van der Waals surface area contributed by atoms with Gasteiger partial charge in [0.2, 0.25) is 11.8 Å². The molecule has 116 valence electrons. The van der Waals surface area contributed by atoms with E-state index in [-0.39, 0.29) is 11.8 Å². The predicted octanol–water partition coefficient (Wildman–Crippen LogP) is 2.54. The van der Waals surface area contributed by atoms with Gasteiger partial charge in [0.1, 0.15) is 5.41 Å². The van der Waals surface area contributed by atoms with E-state index in [1.807, 2.05) is 6.07 Å². The van der Waals surface area contributed by atoms with Gasteiger partial charge in [0, 0.05) is 19.3 Å². The average Bonchev–Trinajstić information content (AvgIpc) is 3.33. The van der Waals surface area contributed by atoms with Crippen molar-refractivity contribution in [1.29, 1.82) is 5.26 Å². The highest BCUT2D eigenvalue weighted by Gasteiger charge is 2.57. The zero-order valence-electron chi connectivity index (χ0n) is 13.1. The first kappa shape index (κ1) is 16.0. The van der Waals surface area contributed by atoms with Gasteiger partial charge in [-0.25, -0.2) is 0 Å². The molecule has 0 atom stereocenters. The Kier molecular flexibility index (Phi) is 4.81. The van der Waals surface area contributed by atoms with Crippen molar-refractivity contribution in [2.75, 3.05) is 18.9 Å². The minimum Gasteiger partial charge on any atom is -0.345 e. The van der Waals surface area contributed by atoms with Gasteiger partial charge in [0.05, 0.1) is 11.6 Å². The Bertz CT molecular complexity index is 615. The summed E-state index contributed by atoms with van der Waals surface area (Å²) in [5.41, 5.74) is 0.124. The number of amides is 2. The standard InChI is InChI=1S/C17H21N3O2/c1-3-4-10-20(2)16(22)17(8-9-17)15(21)19-14-7-5-6-13(11-14)12-18/h5-7,11H,3-4,8-10H2,1-2H3,(H,19,21). The molecule has 0 unspecified atom stereocenters. The highest BCUT2D eigenvalue weighted by molar-refractivity contribution is 6.13. The molecule has 22 heavy (non-hydrogen) atoms. The van der Waals surface area contributed by atoms with E-state index in [1.54, 1.807) is 36.2 Å². The van der Waals surface area contributed by atoms with Gasteiger partial charge in [0.15, 0.2) is 0 Å². The molecule has 1 fully saturated rings. The molecule has 1 aromatic carbocycles. The molecule has 0 radical (unpaired) electrons. The summed E-state index contributed by atoms with van der Waals surface area (Å²) in [5, 5.41) is 11.7. The summed E-state index contributed by atoms with van der Waals surface area (Å²) < 4.78 is 0. The predicted molar refractivity (Wildman–Crippen MR) is 84.0 cm³/mol. The van der Waals surface area contributed by atoms with Gasteiger partial charge < -0.3 is 10.2 Å². The number of nitriles is 1. The summed E-state index contributed by atoms with van der Waals surface area (Å²) in [6.45, 7) is 2.74. The average molecular weight is 299 g/mol. The maximum atomic E-state index is 12.5. The molecule has 0 aromatic heterocycles. The fourth-order valence-electron chi connectivity index (χ4n) is 2.44. The van der Waals surface area contributed by atoms with Crippen LogP contribution in [0.25, 0.3) is 0 Å². The minimum absolute atomic E-state index is 0.102. The summed E-state index contributed by atoms with van der Waals surface area (Å²) in [4.78, 5) is 26.6. The van der Waals surface area contributed by atoms with Gasteiger partial charge >= 0.3 is 0 Å². The molecule has 1 aromatic rings. The first-order valence-corrected chi connectivity index (χ1v) is 7.60. The second-order valence-electron chi connectivity index (χ2n) is 5.81. The molecule has 0 bridgehead atoms. The van der Waals surface area contributed by atoms with Crippen molar-refractivity contribution in [1.82, 2.24) is 4.90 Å². The number of nitrogens with zero attached hydrogens (tertiary/aromatic N) is 2. The van der Waals surface area contributed by atoms with E-state index >= 15 is 0 Å². The van der Waals surface area contributed by atoms with E-state index in [4.69, 9.17) is 5.26 Å². The summed E-state index contributed by atoms with van der Waals surface area (Å²) in [6.07, 6.45) is 3.13. The fourth-order valence-corrected chi connectivity index (χ4v) is 2.44. The molecule has 5 nitrogen and oxygen atoms in total. The lowest BCUT2D eigenvalue weighted by atomic mass is 10.0. The van der Waals surface area contributed by atoms with E-state index in [2.05, 4.69) is 12.2 Å². The van der Waals surface area contributed by atoms with Crippen molar-refractivity contribution in [3.63, 3.8) is 0 Å². The lowest BCUT2D eigenvalue weighted by Gasteiger charge is -2.23. The molecule has 0 spiro atoms. The van der Waals surface area contributed by atoms with Crippen LogP contribution in [-0.4, -0.2) is 30.3 Å². The maximum Gasteiger partial charge on any atom is 0.240 e. The number of unbranched alkanes of at least 4 members (excludes halogenated alkanes) is 1. The largest absolute Gasteiger partial charge is 0.345 e. The van der Waals surface area contributed by atoms with Gasteiger partial charge in [0.25, 0.3) is 0 Å². The van der Waals surface area contributed by atoms with Crippen LogP contribution in [0.2, 0.25) is 0 Å². The smallest absolute Gasteiger partial charge is 0.240 e. The molecule has 1 N–H and O–H groups in total. The molecule has 0 saturated heterocycles. The molecular formula is C17H21N3O2. The normalized spacial score (nSPS) is 14.8. The number of hydrogen-bond donors (Lipinski definition) is 1. The summed E-state index contributed by atoms with van der Waals surface area (Å²) >= 11 is 0. The number of carbonyl (C=O) groups is 2. The SMILES string of the molecule is CCCCN(C)C(=O)C1(C(=O)Nc2cccc(C#N)c2)CC1. The van der Waals surface area contributed by atoms with Gasteiger partial charge in [-0.15, -0.1) is 0 Å². The van der Waals surface area contributed by atoms with Crippen LogP contribution in [0.1, 0.15) is 38.2 Å². The second-order valence-corrected chi connectivity index (χ2v) is 5.81. The van der Waals surface area contributed by atoms with Crippen molar-refractivity contribution >= 4 is 17.5 Å². The van der Waals surface area contributed by atoms with Crippen LogP contribution in [0.3, 0.4) is 0 Å². The van der Waals surface area contributed by atoms with Crippen molar-refractivity contribution in [2.24, 2.45) is 5.41 Å². The Labute approximate surface area is 130 Å². The van der Waals surface area contributed by atoms with Crippen LogP contribution in [0.5, 0.6) is 0 Å². The number of rotatable bonds is 6. The van der Waals surface area contributed by atoms with Crippen LogP contribution in [0, 0.1) is 16.7 Å². The fraction of sp³-hybridized carbons (Fsp3) is 0.471. The Morgan fingerprint density at radius 3 is 2.73 bits per heavy atom. The summed E-state index contributed by atoms with van der Waals surface area (Å²) in [7, 11) is 1.75. The van der Waals surface area contributed by atoms with Crippen molar-refractivity contribution in [3.05, 3.63) is 29.8 Å². The van der Waals surface area contributed by atoms with Gasteiger partial charge in [-0.1, -0.05) is 19.4 Å². The molecule has 2 rings (SSSR count). The van der Waals surface area contributed by atoms with E-state index in [1.165, 1.54) is 0 Å². The third-order valence-electron chi connectivity index (χ3n) is 4.04. The van der Waals surface area contributed by atoms with Crippen LogP contribution < -0.4 is 5.32 Å². The van der Waals surface area contributed by atoms with E-state index in [0.29, 0.717) is 30.6 Å². The molecule has 0 aliphatic heterocycles. The van der Waals surface area contributed by atoms with Crippen LogP contribution in [0.15, 0.2) is 24.3 Å². The molecule has 0 heterocycles. The quantitative estimate of drug-likeness (QED) is 0.820. The maximum absolute atomic E-state index is 12.5. The molecule has 1 aliphatic rings. The summed E-state index contributed by atoms with van der Waals surface area (Å²) in [6, 6.07) is 8.75. The van der Waals surface area contributed by atoms with Crippen LogP contribution >= 0.6 is 0 Å². The zero-order valence-corrected chi connectivity index (χ0v) is 13.1. The third-order valence-corrected chi connectivity index (χ3v) is 4.04. The van der Waals surface area contributed by atoms with Crippen molar-refractivity contribution in [3.8, 4) is 6.07 Å². The van der Waals surface area contributed by atoms with E-state index in [9.17, 15) is 9.59 Å². The van der Waals surface area contributed by atoms with Crippen molar-refractivity contribution < 1.29 is 9.59 Å². The Hall–Kier alpha value is -2.35. The van der Waals surface area contributed by atoms with E-state index < -0.39 is 5.41 Å². The Morgan fingerprint density at radius 2 is 2.14 bits per heavy atom. The topological polar surface area (TPSA) is 73.2 Å². The van der Waals surface area contributed by atoms with Crippen LogP contribution in [0.4, 0.5) is 5.69 Å². The molecule has 2 amide bonds. The highest BCUT2D eigenvalue weighted by atomic mass is 16.2. The van der Waals surface area contributed by atoms with Crippen LogP contribution in [-0.2, 0) is 9.59 Å². The minimum atomic E-state index is -0.912. The highest BCUT2D eigenvalue weighted by Crippen LogP contribution is 2.48. The first-order chi connectivity index (χ1) is 10.5. The molecular weight excluding hydrogens is 278 g/mol. The monoisotopic (exact) mass is 299 g/mol. The molecule has 1 saturated carbocycles. The number of benzene rings is 1. The van der Waals surface area contributed by atoms with Gasteiger partial charge in [-0.05, 0) is 37.5 Å². The summed E-state index contributed by atoms with van der Waals surface area (Å²) in [5.74, 6) is -0.370. The Morgan fingerprint density at radius 1 is 1.41 bits per heavy atom. The second kappa shape index (κ2) is 6.61. The third kappa shape index (κ3) is 3.28. The lowest BCUT2D eigenvalue weighted by Crippen LogP contribution is -2.41. The zero-order chi connectivity index (χ0) is 16.2.